The largest absolute Gasteiger partial charge is 0.508 e. The molecule has 150 valence electrons. The maximum atomic E-state index is 12.8. The number of benzene rings is 2. The number of ether oxygens (including phenoxy) is 1. The number of carbonyl (C=O) groups excluding carboxylic acids is 1. The summed E-state index contributed by atoms with van der Waals surface area (Å²) < 4.78 is 31.6. The lowest BCUT2D eigenvalue weighted by Gasteiger charge is -2.32. The number of rotatable bonds is 5. The minimum Gasteiger partial charge on any atom is -0.508 e. The predicted octanol–water partition coefficient (Wildman–Crippen LogP) is 2.33. The minimum atomic E-state index is -3.59. The van der Waals surface area contributed by atoms with Gasteiger partial charge in [-0.2, -0.15) is 0 Å². The molecule has 7 nitrogen and oxygen atoms in total. The second-order valence-corrected chi connectivity index (χ2v) is 9.07. The first kappa shape index (κ1) is 20.2. The van der Waals surface area contributed by atoms with Gasteiger partial charge in [0.15, 0.2) is 0 Å². The summed E-state index contributed by atoms with van der Waals surface area (Å²) in [7, 11) is -0.670. The predicted molar refractivity (Wildman–Crippen MR) is 105 cm³/mol. The molecule has 1 aliphatic heterocycles. The quantitative estimate of drug-likeness (QED) is 0.826. The van der Waals surface area contributed by atoms with Gasteiger partial charge in [-0.3, -0.25) is 4.79 Å². The Kier molecular flexibility index (Phi) is 5.90. The number of carbonyl (C=O) groups is 1. The van der Waals surface area contributed by atoms with Crippen LogP contribution in [0.3, 0.4) is 0 Å². The molecule has 2 aromatic carbocycles. The number of likely N-dealkylation sites (tertiary alicyclic amines) is 1. The minimum absolute atomic E-state index is 0.0358. The zero-order chi connectivity index (χ0) is 20.3. The maximum Gasteiger partial charge on any atom is 0.253 e. The lowest BCUT2D eigenvalue weighted by atomic mass is 10.1. The van der Waals surface area contributed by atoms with E-state index in [9.17, 15) is 18.3 Å². The van der Waals surface area contributed by atoms with Crippen molar-refractivity contribution in [3.05, 3.63) is 54.1 Å². The van der Waals surface area contributed by atoms with Crippen molar-refractivity contribution < 1.29 is 23.1 Å². The molecule has 28 heavy (non-hydrogen) atoms. The van der Waals surface area contributed by atoms with Gasteiger partial charge in [-0.05, 0) is 30.3 Å². The lowest BCUT2D eigenvalue weighted by molar-refractivity contribution is 0.0595. The molecule has 2 aromatic rings. The topological polar surface area (TPSA) is 87.2 Å². The van der Waals surface area contributed by atoms with Gasteiger partial charge in [0.05, 0.1) is 4.90 Å². The number of aromatic hydroxyl groups is 1. The van der Waals surface area contributed by atoms with Gasteiger partial charge >= 0.3 is 0 Å². The fourth-order valence-corrected chi connectivity index (χ4v) is 4.06. The van der Waals surface area contributed by atoms with Crippen LogP contribution in [0, 0.1) is 0 Å². The number of phenols is 1. The highest BCUT2D eigenvalue weighted by molar-refractivity contribution is 7.89. The van der Waals surface area contributed by atoms with Crippen LogP contribution in [-0.4, -0.2) is 61.9 Å². The Hall–Kier alpha value is -2.58. The van der Waals surface area contributed by atoms with E-state index in [0.717, 1.165) is 4.31 Å². The number of piperidine rings is 1. The molecule has 0 aromatic heterocycles. The first-order chi connectivity index (χ1) is 13.3. The van der Waals surface area contributed by atoms with Crippen LogP contribution in [0.2, 0.25) is 0 Å². The maximum absolute atomic E-state index is 12.8. The highest BCUT2D eigenvalue weighted by atomic mass is 32.2. The third-order valence-corrected chi connectivity index (χ3v) is 6.52. The van der Waals surface area contributed by atoms with E-state index in [1.807, 2.05) is 0 Å². The van der Waals surface area contributed by atoms with Crippen molar-refractivity contribution in [1.29, 1.82) is 0 Å². The summed E-state index contributed by atoms with van der Waals surface area (Å²) in [4.78, 5) is 14.6. The van der Waals surface area contributed by atoms with E-state index in [-0.39, 0.29) is 22.7 Å². The second kappa shape index (κ2) is 8.20. The van der Waals surface area contributed by atoms with Crippen molar-refractivity contribution >= 4 is 15.9 Å². The van der Waals surface area contributed by atoms with Crippen LogP contribution in [0.4, 0.5) is 0 Å². The van der Waals surface area contributed by atoms with Crippen molar-refractivity contribution in [2.24, 2.45) is 0 Å². The van der Waals surface area contributed by atoms with E-state index in [0.29, 0.717) is 37.2 Å². The van der Waals surface area contributed by atoms with Crippen molar-refractivity contribution in [3.8, 4) is 11.5 Å². The molecule has 8 heteroatoms. The number of hydrogen-bond donors (Lipinski definition) is 1. The summed E-state index contributed by atoms with van der Waals surface area (Å²) >= 11 is 0. The molecule has 0 bridgehead atoms. The first-order valence-corrected chi connectivity index (χ1v) is 10.5. The van der Waals surface area contributed by atoms with Crippen LogP contribution in [0.1, 0.15) is 23.2 Å². The molecule has 1 saturated heterocycles. The van der Waals surface area contributed by atoms with Gasteiger partial charge in [0.2, 0.25) is 10.0 Å². The Morgan fingerprint density at radius 1 is 1.11 bits per heavy atom. The van der Waals surface area contributed by atoms with Crippen LogP contribution >= 0.6 is 0 Å². The van der Waals surface area contributed by atoms with Gasteiger partial charge in [0, 0.05) is 51.7 Å². The van der Waals surface area contributed by atoms with E-state index in [1.165, 1.54) is 26.2 Å². The van der Waals surface area contributed by atoms with Crippen LogP contribution in [0.25, 0.3) is 0 Å². The van der Waals surface area contributed by atoms with E-state index in [2.05, 4.69) is 0 Å². The molecule has 3 rings (SSSR count). The van der Waals surface area contributed by atoms with E-state index < -0.39 is 10.0 Å². The standard InChI is InChI=1S/C20H24N2O5S/c1-21(2)28(25,26)19-8-3-5-15(13-19)20(24)22-11-9-17(10-12-22)27-18-7-4-6-16(23)14-18/h3-8,13-14,17,23H,9-12H2,1-2H3. The molecule has 0 atom stereocenters. The molecule has 1 heterocycles. The fourth-order valence-electron chi connectivity index (χ4n) is 3.11. The molecule has 0 unspecified atom stereocenters. The Morgan fingerprint density at radius 2 is 1.79 bits per heavy atom. The number of phenolic OH excluding ortho intramolecular Hbond substituents is 1. The van der Waals surface area contributed by atoms with Crippen molar-refractivity contribution in [2.75, 3.05) is 27.2 Å². The number of nitrogens with zero attached hydrogens (tertiary/aromatic N) is 2. The Labute approximate surface area is 165 Å². The normalized spacial score (nSPS) is 15.6. The smallest absolute Gasteiger partial charge is 0.253 e. The van der Waals surface area contributed by atoms with Gasteiger partial charge in [-0.25, -0.2) is 12.7 Å². The molecule has 1 N–H and O–H groups in total. The average molecular weight is 404 g/mol. The summed E-state index contributed by atoms with van der Waals surface area (Å²) in [6.45, 7) is 1.04. The molecule has 1 amide bonds. The highest BCUT2D eigenvalue weighted by Gasteiger charge is 2.26. The third-order valence-electron chi connectivity index (χ3n) is 4.71. The van der Waals surface area contributed by atoms with E-state index >= 15 is 0 Å². The molecule has 0 spiro atoms. The van der Waals surface area contributed by atoms with Gasteiger partial charge in [0.1, 0.15) is 17.6 Å². The molecule has 0 radical (unpaired) electrons. The fraction of sp³-hybridized carbons (Fsp3) is 0.350. The first-order valence-electron chi connectivity index (χ1n) is 9.05. The Balaban J connectivity index is 1.64. The van der Waals surface area contributed by atoms with E-state index in [1.54, 1.807) is 41.3 Å². The summed E-state index contributed by atoms with van der Waals surface area (Å²) in [5.74, 6) is 0.565. The van der Waals surface area contributed by atoms with Crippen LogP contribution in [0.15, 0.2) is 53.4 Å². The molecule has 1 aliphatic rings. The van der Waals surface area contributed by atoms with Crippen molar-refractivity contribution in [2.45, 2.75) is 23.8 Å². The van der Waals surface area contributed by atoms with Crippen LogP contribution < -0.4 is 4.74 Å². The Bertz CT molecular complexity index is 951. The Morgan fingerprint density at radius 3 is 2.43 bits per heavy atom. The highest BCUT2D eigenvalue weighted by Crippen LogP contribution is 2.24. The number of hydrogen-bond acceptors (Lipinski definition) is 5. The third kappa shape index (κ3) is 4.45. The summed E-state index contributed by atoms with van der Waals surface area (Å²) in [6, 6.07) is 12.8. The monoisotopic (exact) mass is 404 g/mol. The van der Waals surface area contributed by atoms with Crippen molar-refractivity contribution in [1.82, 2.24) is 9.21 Å². The second-order valence-electron chi connectivity index (χ2n) is 6.92. The van der Waals surface area contributed by atoms with Crippen LogP contribution in [0.5, 0.6) is 11.5 Å². The zero-order valence-corrected chi connectivity index (χ0v) is 16.7. The van der Waals surface area contributed by atoms with Gasteiger partial charge in [0.25, 0.3) is 5.91 Å². The van der Waals surface area contributed by atoms with Gasteiger partial charge in [-0.15, -0.1) is 0 Å². The zero-order valence-electron chi connectivity index (χ0n) is 15.9. The SMILES string of the molecule is CN(C)S(=O)(=O)c1cccc(C(=O)N2CCC(Oc3cccc(O)c3)CC2)c1. The average Bonchev–Trinajstić information content (AvgIpc) is 2.68. The molecular formula is C20H24N2O5S. The number of sulfonamides is 1. The summed E-state index contributed by atoms with van der Waals surface area (Å²) in [5.41, 5.74) is 0.357. The van der Waals surface area contributed by atoms with E-state index in [4.69, 9.17) is 4.74 Å². The van der Waals surface area contributed by atoms with Crippen molar-refractivity contribution in [3.63, 3.8) is 0 Å². The van der Waals surface area contributed by atoms with Gasteiger partial charge < -0.3 is 14.7 Å². The number of amides is 1. The molecular weight excluding hydrogens is 380 g/mol. The molecule has 1 fully saturated rings. The van der Waals surface area contributed by atoms with Crippen LogP contribution in [-0.2, 0) is 10.0 Å². The lowest BCUT2D eigenvalue weighted by Crippen LogP contribution is -2.41. The molecule has 0 aliphatic carbocycles. The summed E-state index contributed by atoms with van der Waals surface area (Å²) in [5, 5.41) is 9.52. The molecule has 0 saturated carbocycles. The summed E-state index contributed by atoms with van der Waals surface area (Å²) in [6.07, 6.45) is 1.29. The van der Waals surface area contributed by atoms with Gasteiger partial charge in [-0.1, -0.05) is 12.1 Å².